The lowest BCUT2D eigenvalue weighted by molar-refractivity contribution is -0.151. The van der Waals surface area contributed by atoms with E-state index in [0.717, 1.165) is 9.21 Å². The van der Waals surface area contributed by atoms with Crippen LogP contribution in [0.3, 0.4) is 0 Å². The maximum Gasteiger partial charge on any atom is 0.326 e. The predicted molar refractivity (Wildman–Crippen MR) is 175 cm³/mol. The zero-order valence-electron chi connectivity index (χ0n) is 28.1. The van der Waals surface area contributed by atoms with Gasteiger partial charge in [-0.05, 0) is 47.6 Å². The number of methoxy groups -OCH3 is 1. The number of ether oxygens (including phenoxy) is 3. The Hall–Kier alpha value is -4.34. The van der Waals surface area contributed by atoms with Crippen molar-refractivity contribution < 1.29 is 46.9 Å². The molecule has 0 aromatic heterocycles. The molecule has 1 aliphatic heterocycles. The van der Waals surface area contributed by atoms with Crippen molar-refractivity contribution in [2.45, 2.75) is 78.2 Å². The molecule has 3 rings (SSSR count). The molecule has 4 amide bonds. The van der Waals surface area contributed by atoms with Gasteiger partial charge in [0, 0.05) is 48.4 Å². The van der Waals surface area contributed by atoms with Gasteiger partial charge >= 0.3 is 18.0 Å². The number of amides is 4. The fraction of sp³-hybridized carbons (Fsp3) is 0.485. The molecule has 1 fully saturated rings. The number of carbonyl (C=O) groups excluding carboxylic acids is 5. The van der Waals surface area contributed by atoms with Gasteiger partial charge < -0.3 is 29.4 Å². The topological polar surface area (TPSA) is 184 Å². The summed E-state index contributed by atoms with van der Waals surface area (Å²) in [5.74, 6) is -2.71. The highest BCUT2D eigenvalue weighted by Gasteiger charge is 2.37. The second-order valence-electron chi connectivity index (χ2n) is 12.2. The van der Waals surface area contributed by atoms with Crippen LogP contribution in [0.1, 0.15) is 93.3 Å². The number of nitrogens with one attached hydrogen (secondary N) is 2. The van der Waals surface area contributed by atoms with Crippen molar-refractivity contribution in [2.24, 2.45) is 0 Å². The maximum atomic E-state index is 13.7. The van der Waals surface area contributed by atoms with Crippen molar-refractivity contribution >= 4 is 46.7 Å². The molecule has 0 bridgehead atoms. The SMILES string of the molecule is CCCC(=O)OCN1C(=O)NCC(c2cc(C(=O)Nc3ccc(CN(COC(=O)CCC)S(=O)[O-])cc3)c(OC)c(C(C)(C)C)c2)C1=O. The monoisotopic (exact) mass is 687 g/mol. The van der Waals surface area contributed by atoms with Gasteiger partial charge in [0.2, 0.25) is 5.91 Å². The Bertz CT molecular complexity index is 1520. The average molecular weight is 688 g/mol. The minimum absolute atomic E-state index is 0.0293. The van der Waals surface area contributed by atoms with Crippen LogP contribution in [0, 0.1) is 0 Å². The van der Waals surface area contributed by atoms with Gasteiger partial charge in [-0.25, -0.2) is 9.69 Å². The van der Waals surface area contributed by atoms with Gasteiger partial charge in [0.05, 0.1) is 18.6 Å². The normalized spacial score (nSPS) is 15.5. The molecular weight excluding hydrogens is 644 g/mol. The summed E-state index contributed by atoms with van der Waals surface area (Å²) in [6.07, 6.45) is 1.46. The number of carbonyl (C=O) groups is 5. The van der Waals surface area contributed by atoms with Crippen molar-refractivity contribution in [1.29, 1.82) is 0 Å². The van der Waals surface area contributed by atoms with Crippen molar-refractivity contribution in [3.05, 3.63) is 58.7 Å². The number of hydrogen-bond acceptors (Lipinski definition) is 10. The van der Waals surface area contributed by atoms with Crippen LogP contribution in [0.4, 0.5) is 10.5 Å². The van der Waals surface area contributed by atoms with E-state index < -0.39 is 65.8 Å². The Labute approximate surface area is 282 Å². The molecule has 2 N–H and O–H groups in total. The van der Waals surface area contributed by atoms with Crippen LogP contribution in [-0.4, -0.2) is 74.9 Å². The van der Waals surface area contributed by atoms with Crippen LogP contribution in [0.15, 0.2) is 36.4 Å². The first-order valence-corrected chi connectivity index (χ1v) is 16.6. The first-order chi connectivity index (χ1) is 22.7. The molecule has 2 unspecified atom stereocenters. The number of nitrogens with zero attached hydrogens (tertiary/aromatic N) is 2. The van der Waals surface area contributed by atoms with Gasteiger partial charge in [-0.2, -0.15) is 4.31 Å². The average Bonchev–Trinajstić information content (AvgIpc) is 3.02. The van der Waals surface area contributed by atoms with Crippen molar-refractivity contribution in [2.75, 3.05) is 32.4 Å². The standard InChI is InChI=1S/C33H44N4O10S/c1-7-9-27(38)46-19-36(48(43)44)18-21-11-13-23(14-12-21)35-30(40)24-15-22(16-26(29(24)45-6)33(3,4)5)25-17-34-32(42)37(31(25)41)20-47-28(39)10-8-2/h11-16,25H,7-10,17-20H2,1-6H3,(H,34,42)(H,35,40)(H,43,44)/p-1. The van der Waals surface area contributed by atoms with E-state index >= 15 is 0 Å². The smallest absolute Gasteiger partial charge is 0.326 e. The van der Waals surface area contributed by atoms with Gasteiger partial charge in [-0.15, -0.1) is 0 Å². The predicted octanol–water partition coefficient (Wildman–Crippen LogP) is 4.08. The number of rotatable bonds is 15. The Balaban J connectivity index is 1.86. The summed E-state index contributed by atoms with van der Waals surface area (Å²) in [4.78, 5) is 64.2. The molecule has 0 radical (unpaired) electrons. The molecule has 1 heterocycles. The summed E-state index contributed by atoms with van der Waals surface area (Å²) in [6.45, 7) is 8.37. The third-order valence-corrected chi connectivity index (χ3v) is 8.11. The number of imide groups is 1. The van der Waals surface area contributed by atoms with E-state index in [1.54, 1.807) is 43.3 Å². The second kappa shape index (κ2) is 17.2. The molecule has 262 valence electrons. The van der Waals surface area contributed by atoms with Gasteiger partial charge in [0.1, 0.15) is 5.75 Å². The highest BCUT2D eigenvalue weighted by Crippen LogP contribution is 2.38. The Morgan fingerprint density at radius 3 is 2.23 bits per heavy atom. The van der Waals surface area contributed by atoms with Crippen LogP contribution >= 0.6 is 0 Å². The van der Waals surface area contributed by atoms with Gasteiger partial charge in [0.15, 0.2) is 13.5 Å². The molecule has 1 saturated heterocycles. The molecule has 0 saturated carbocycles. The van der Waals surface area contributed by atoms with E-state index in [4.69, 9.17) is 14.2 Å². The van der Waals surface area contributed by atoms with Crippen LogP contribution in [-0.2, 0) is 47.1 Å². The third-order valence-electron chi connectivity index (χ3n) is 7.45. The van der Waals surface area contributed by atoms with Crippen molar-refractivity contribution in [3.8, 4) is 5.75 Å². The number of anilines is 1. The third kappa shape index (κ3) is 10.1. The zero-order valence-corrected chi connectivity index (χ0v) is 28.9. The molecule has 2 atom stereocenters. The maximum absolute atomic E-state index is 13.7. The van der Waals surface area contributed by atoms with Gasteiger partial charge in [-0.1, -0.05) is 52.8 Å². The largest absolute Gasteiger partial charge is 0.759 e. The van der Waals surface area contributed by atoms with Crippen LogP contribution in [0.2, 0.25) is 0 Å². The Morgan fingerprint density at radius 2 is 1.67 bits per heavy atom. The number of hydrogen-bond donors (Lipinski definition) is 2. The molecule has 2 aromatic carbocycles. The zero-order chi connectivity index (χ0) is 35.6. The molecular formula is C33H43N4O10S-. The summed E-state index contributed by atoms with van der Waals surface area (Å²) in [7, 11) is 1.44. The first-order valence-electron chi connectivity index (χ1n) is 15.6. The minimum Gasteiger partial charge on any atom is -0.759 e. The number of esters is 2. The van der Waals surface area contributed by atoms with Crippen molar-refractivity contribution in [1.82, 2.24) is 14.5 Å². The van der Waals surface area contributed by atoms with Crippen molar-refractivity contribution in [3.63, 3.8) is 0 Å². The lowest BCUT2D eigenvalue weighted by Gasteiger charge is -2.32. The van der Waals surface area contributed by atoms with Gasteiger partial charge in [0.25, 0.3) is 5.91 Å². The highest BCUT2D eigenvalue weighted by atomic mass is 32.2. The quantitative estimate of drug-likeness (QED) is 0.157. The summed E-state index contributed by atoms with van der Waals surface area (Å²) < 4.78 is 40.2. The molecule has 2 aromatic rings. The highest BCUT2D eigenvalue weighted by molar-refractivity contribution is 7.76. The minimum atomic E-state index is -2.64. The van der Waals surface area contributed by atoms with Gasteiger partial charge in [-0.3, -0.25) is 23.4 Å². The summed E-state index contributed by atoms with van der Waals surface area (Å²) in [5.41, 5.74) is 1.73. The number of benzene rings is 2. The summed E-state index contributed by atoms with van der Waals surface area (Å²) in [5, 5.41) is 5.49. The van der Waals surface area contributed by atoms with E-state index in [1.165, 1.54) is 7.11 Å². The molecule has 0 spiro atoms. The van der Waals surface area contributed by atoms with Crippen LogP contribution in [0.5, 0.6) is 5.75 Å². The lowest BCUT2D eigenvalue weighted by atomic mass is 9.81. The summed E-state index contributed by atoms with van der Waals surface area (Å²) >= 11 is -2.64. The van der Waals surface area contributed by atoms with E-state index in [-0.39, 0.29) is 31.5 Å². The molecule has 14 nitrogen and oxygen atoms in total. The fourth-order valence-electron chi connectivity index (χ4n) is 4.91. The molecule has 15 heteroatoms. The first kappa shape index (κ1) is 38.1. The Morgan fingerprint density at radius 1 is 1.04 bits per heavy atom. The van der Waals surface area contributed by atoms with E-state index in [2.05, 4.69) is 10.6 Å². The molecule has 1 aliphatic rings. The second-order valence-corrected chi connectivity index (χ2v) is 13.2. The van der Waals surface area contributed by atoms with Crippen LogP contribution in [0.25, 0.3) is 0 Å². The van der Waals surface area contributed by atoms with E-state index in [9.17, 15) is 32.7 Å². The fourth-order valence-corrected chi connectivity index (χ4v) is 5.30. The number of urea groups is 1. The van der Waals surface area contributed by atoms with E-state index in [0.29, 0.717) is 41.0 Å². The lowest BCUT2D eigenvalue weighted by Crippen LogP contribution is -2.54. The Kier molecular flexibility index (Phi) is 13.6. The van der Waals surface area contributed by atoms with E-state index in [1.807, 2.05) is 27.7 Å². The molecule has 0 aliphatic carbocycles. The summed E-state index contributed by atoms with van der Waals surface area (Å²) in [6, 6.07) is 9.08. The molecule has 48 heavy (non-hydrogen) atoms. The van der Waals surface area contributed by atoms with Crippen LogP contribution < -0.4 is 15.4 Å².